The molecule has 2 aromatic rings. The molecule has 1 amide bonds. The van der Waals surface area contributed by atoms with Crippen LogP contribution in [0.3, 0.4) is 0 Å². The van der Waals surface area contributed by atoms with E-state index in [9.17, 15) is 9.18 Å². The molecule has 1 fully saturated rings. The number of rotatable bonds is 6. The van der Waals surface area contributed by atoms with Crippen molar-refractivity contribution in [3.8, 4) is 0 Å². The first-order valence-corrected chi connectivity index (χ1v) is 8.65. The predicted octanol–water partition coefficient (Wildman–Crippen LogP) is 4.32. The van der Waals surface area contributed by atoms with Crippen molar-refractivity contribution >= 4 is 28.8 Å². The number of hydrogen-bond donors (Lipinski definition) is 0. The van der Waals surface area contributed by atoms with Gasteiger partial charge >= 0.3 is 0 Å². The van der Waals surface area contributed by atoms with E-state index in [0.717, 1.165) is 19.3 Å². The number of thiophene rings is 1. The van der Waals surface area contributed by atoms with Gasteiger partial charge in [-0.05, 0) is 42.8 Å². The molecule has 1 aromatic carbocycles. The van der Waals surface area contributed by atoms with Crippen molar-refractivity contribution in [3.05, 3.63) is 57.0 Å². The number of benzene rings is 1. The molecule has 5 heteroatoms. The molecular formula is C17H17ClFNOS. The number of halogens is 2. The van der Waals surface area contributed by atoms with Crippen molar-refractivity contribution in [3.63, 3.8) is 0 Å². The second-order valence-corrected chi connectivity index (χ2v) is 6.96. The van der Waals surface area contributed by atoms with Gasteiger partial charge in [-0.15, -0.1) is 11.3 Å². The van der Waals surface area contributed by atoms with Gasteiger partial charge in [0.15, 0.2) is 0 Å². The summed E-state index contributed by atoms with van der Waals surface area (Å²) in [5.41, 5.74) is 0.302. The molecule has 1 heterocycles. The fraction of sp³-hybridized carbons (Fsp3) is 0.353. The second-order valence-electron chi connectivity index (χ2n) is 5.52. The van der Waals surface area contributed by atoms with Crippen molar-refractivity contribution in [1.29, 1.82) is 0 Å². The maximum Gasteiger partial charge on any atom is 0.227 e. The lowest BCUT2D eigenvalue weighted by Crippen LogP contribution is -2.36. The molecule has 1 aliphatic carbocycles. The zero-order valence-corrected chi connectivity index (χ0v) is 13.7. The highest BCUT2D eigenvalue weighted by atomic mass is 35.5. The Morgan fingerprint density at radius 1 is 1.32 bits per heavy atom. The fourth-order valence-electron chi connectivity index (χ4n) is 2.54. The average molecular weight is 338 g/mol. The Kier molecular flexibility index (Phi) is 4.79. The Hall–Kier alpha value is -1.39. The van der Waals surface area contributed by atoms with Gasteiger partial charge in [0, 0.05) is 28.0 Å². The summed E-state index contributed by atoms with van der Waals surface area (Å²) >= 11 is 7.72. The van der Waals surface area contributed by atoms with Crippen LogP contribution in [0.1, 0.15) is 23.3 Å². The molecule has 116 valence electrons. The summed E-state index contributed by atoms with van der Waals surface area (Å²) in [5, 5.41) is 2.36. The number of nitrogens with zero attached hydrogens (tertiary/aromatic N) is 1. The highest BCUT2D eigenvalue weighted by Crippen LogP contribution is 2.29. The van der Waals surface area contributed by atoms with Crippen LogP contribution in [0, 0.1) is 5.82 Å². The Morgan fingerprint density at radius 3 is 2.77 bits per heavy atom. The van der Waals surface area contributed by atoms with E-state index in [1.54, 1.807) is 23.5 Å². The zero-order chi connectivity index (χ0) is 15.5. The summed E-state index contributed by atoms with van der Waals surface area (Å²) in [6.07, 6.45) is 2.97. The maximum atomic E-state index is 13.8. The van der Waals surface area contributed by atoms with Gasteiger partial charge in [0.25, 0.3) is 0 Å². The van der Waals surface area contributed by atoms with Gasteiger partial charge < -0.3 is 4.90 Å². The first kappa shape index (κ1) is 15.5. The molecule has 0 aliphatic heterocycles. The van der Waals surface area contributed by atoms with Crippen LogP contribution in [0.5, 0.6) is 0 Å². The summed E-state index contributed by atoms with van der Waals surface area (Å²) in [6.45, 7) is 0.691. The number of hydrogen-bond acceptors (Lipinski definition) is 2. The van der Waals surface area contributed by atoms with Crippen LogP contribution in [0.4, 0.5) is 4.39 Å². The van der Waals surface area contributed by atoms with Crippen molar-refractivity contribution in [1.82, 2.24) is 4.90 Å². The number of amides is 1. The molecule has 0 unspecified atom stereocenters. The van der Waals surface area contributed by atoms with Crippen LogP contribution in [0.15, 0.2) is 35.7 Å². The third-order valence-corrected chi connectivity index (χ3v) is 5.17. The summed E-state index contributed by atoms with van der Waals surface area (Å²) in [5.74, 6) is -0.444. The third kappa shape index (κ3) is 3.68. The van der Waals surface area contributed by atoms with Crippen molar-refractivity contribution in [2.75, 3.05) is 6.54 Å². The highest BCUT2D eigenvalue weighted by Gasteiger charge is 2.32. The molecule has 1 aliphatic rings. The minimum Gasteiger partial charge on any atom is -0.339 e. The Labute approximate surface area is 138 Å². The lowest BCUT2D eigenvalue weighted by molar-refractivity contribution is -0.131. The van der Waals surface area contributed by atoms with E-state index in [1.807, 2.05) is 16.3 Å². The van der Waals surface area contributed by atoms with Crippen LogP contribution in [0.25, 0.3) is 0 Å². The summed E-state index contributed by atoms with van der Waals surface area (Å²) in [6, 6.07) is 8.94. The highest BCUT2D eigenvalue weighted by molar-refractivity contribution is 7.09. The van der Waals surface area contributed by atoms with Gasteiger partial charge in [-0.1, -0.05) is 23.7 Å². The van der Waals surface area contributed by atoms with Gasteiger partial charge in [0.2, 0.25) is 5.91 Å². The van der Waals surface area contributed by atoms with Gasteiger partial charge in [-0.3, -0.25) is 4.79 Å². The van der Waals surface area contributed by atoms with Crippen LogP contribution < -0.4 is 0 Å². The minimum atomic E-state index is -0.408. The zero-order valence-electron chi connectivity index (χ0n) is 12.1. The molecule has 0 atom stereocenters. The van der Waals surface area contributed by atoms with E-state index in [-0.39, 0.29) is 12.3 Å². The first-order chi connectivity index (χ1) is 10.6. The molecule has 1 saturated carbocycles. The van der Waals surface area contributed by atoms with E-state index in [2.05, 4.69) is 6.07 Å². The lowest BCUT2D eigenvalue weighted by Gasteiger charge is -2.22. The van der Waals surface area contributed by atoms with Crippen molar-refractivity contribution in [2.45, 2.75) is 31.7 Å². The minimum absolute atomic E-state index is 0.0342. The van der Waals surface area contributed by atoms with Crippen molar-refractivity contribution < 1.29 is 9.18 Å². The third-order valence-electron chi connectivity index (χ3n) is 3.88. The van der Waals surface area contributed by atoms with E-state index in [1.165, 1.54) is 10.9 Å². The van der Waals surface area contributed by atoms with Crippen LogP contribution in [-0.2, 0) is 17.6 Å². The van der Waals surface area contributed by atoms with Gasteiger partial charge in [-0.25, -0.2) is 4.39 Å². The van der Waals surface area contributed by atoms with Crippen molar-refractivity contribution in [2.24, 2.45) is 0 Å². The van der Waals surface area contributed by atoms with E-state index >= 15 is 0 Å². The average Bonchev–Trinajstić information content (AvgIpc) is 3.19. The first-order valence-electron chi connectivity index (χ1n) is 7.40. The molecule has 22 heavy (non-hydrogen) atoms. The topological polar surface area (TPSA) is 20.3 Å². The van der Waals surface area contributed by atoms with Crippen LogP contribution in [0.2, 0.25) is 5.02 Å². The monoisotopic (exact) mass is 337 g/mol. The van der Waals surface area contributed by atoms with Gasteiger partial charge in [0.05, 0.1) is 6.42 Å². The quantitative estimate of drug-likeness (QED) is 0.769. The molecule has 2 nitrogen and oxygen atoms in total. The largest absolute Gasteiger partial charge is 0.339 e. The molecule has 1 aromatic heterocycles. The van der Waals surface area contributed by atoms with E-state index in [0.29, 0.717) is 23.2 Å². The Balaban J connectivity index is 1.67. The molecule has 0 saturated heterocycles. The Bertz CT molecular complexity index is 634. The Morgan fingerprint density at radius 2 is 2.14 bits per heavy atom. The standard InChI is InChI=1S/C17H17ClFNOS/c18-15-4-1-5-16(19)14(15)11-17(21)20(12-6-7-12)9-8-13-3-2-10-22-13/h1-5,10,12H,6-9,11H2. The molecule has 0 spiro atoms. The number of carbonyl (C=O) groups is 1. The molecule has 0 bridgehead atoms. The second kappa shape index (κ2) is 6.80. The normalized spacial score (nSPS) is 14.1. The fourth-order valence-corrected chi connectivity index (χ4v) is 3.46. The summed E-state index contributed by atoms with van der Waals surface area (Å²) in [7, 11) is 0. The molecule has 0 N–H and O–H groups in total. The summed E-state index contributed by atoms with van der Waals surface area (Å²) in [4.78, 5) is 15.7. The molecule has 0 radical (unpaired) electrons. The predicted molar refractivity (Wildman–Crippen MR) is 87.9 cm³/mol. The van der Waals surface area contributed by atoms with Crippen LogP contribution in [-0.4, -0.2) is 23.4 Å². The summed E-state index contributed by atoms with van der Waals surface area (Å²) < 4.78 is 13.8. The lowest BCUT2D eigenvalue weighted by atomic mass is 10.1. The van der Waals surface area contributed by atoms with Gasteiger partial charge in [0.1, 0.15) is 5.82 Å². The van der Waals surface area contributed by atoms with E-state index < -0.39 is 5.82 Å². The SMILES string of the molecule is O=C(Cc1c(F)cccc1Cl)N(CCc1cccs1)C1CC1. The maximum absolute atomic E-state index is 13.8. The molecule has 3 rings (SSSR count). The van der Waals surface area contributed by atoms with Gasteiger partial charge in [-0.2, -0.15) is 0 Å². The van der Waals surface area contributed by atoms with Crippen LogP contribution >= 0.6 is 22.9 Å². The number of carbonyl (C=O) groups excluding carboxylic acids is 1. The molecular weight excluding hydrogens is 321 g/mol. The smallest absolute Gasteiger partial charge is 0.227 e. The van der Waals surface area contributed by atoms with E-state index in [4.69, 9.17) is 11.6 Å².